The summed E-state index contributed by atoms with van der Waals surface area (Å²) < 4.78 is 13.3. The van der Waals surface area contributed by atoms with Gasteiger partial charge in [0.25, 0.3) is 0 Å². The second-order valence-electron chi connectivity index (χ2n) is 3.48. The maximum absolute atomic E-state index is 13.3. The number of aromatic nitrogens is 1. The summed E-state index contributed by atoms with van der Waals surface area (Å²) >= 11 is 5.58. The fourth-order valence-electron chi connectivity index (χ4n) is 1.35. The number of allylic oxidation sites excluding steroid dienone is 1. The van der Waals surface area contributed by atoms with E-state index in [0.717, 1.165) is 24.8 Å². The summed E-state index contributed by atoms with van der Waals surface area (Å²) in [6, 6.07) is 1.20. The molecule has 0 bridgehead atoms. The molecule has 1 heterocycles. The van der Waals surface area contributed by atoms with E-state index in [1.165, 1.54) is 12.3 Å². The Labute approximate surface area is 92.1 Å². The summed E-state index contributed by atoms with van der Waals surface area (Å²) in [5.74, 6) is 0.136. The lowest BCUT2D eigenvalue weighted by Gasteiger charge is -2.20. The predicted molar refractivity (Wildman–Crippen MR) is 57.9 cm³/mol. The molecule has 1 aliphatic rings. The number of rotatable bonds is 2. The van der Waals surface area contributed by atoms with Crippen LogP contribution in [0.3, 0.4) is 0 Å². The Hall–Kier alpha value is -1.29. The van der Waals surface area contributed by atoms with Gasteiger partial charge in [0.05, 0.1) is 5.02 Å². The molecule has 0 spiro atoms. The first-order chi connectivity index (χ1) is 7.16. The molecule has 1 aromatic rings. The van der Waals surface area contributed by atoms with Gasteiger partial charge in [0.15, 0.2) is 11.6 Å². The molecule has 1 saturated carbocycles. The van der Waals surface area contributed by atoms with Gasteiger partial charge in [0, 0.05) is 6.20 Å². The van der Waals surface area contributed by atoms with E-state index in [1.807, 2.05) is 0 Å². The number of nitrogens with zero attached hydrogens (tertiary/aromatic N) is 1. The molecule has 5 heteroatoms. The van der Waals surface area contributed by atoms with Crippen molar-refractivity contribution in [3.8, 4) is 0 Å². The standard InChI is InChI=1S/C10H11ClFN3/c11-7-4-8(12)10(14-5-7)15-9(13)6-2-1-3-6/h4-5H,1-3,13H2,(H,14,15). The highest BCUT2D eigenvalue weighted by molar-refractivity contribution is 6.30. The Morgan fingerprint density at radius 2 is 2.27 bits per heavy atom. The number of hydrogen-bond donors (Lipinski definition) is 2. The zero-order chi connectivity index (χ0) is 10.8. The van der Waals surface area contributed by atoms with Crippen LogP contribution in [-0.2, 0) is 0 Å². The molecular weight excluding hydrogens is 217 g/mol. The van der Waals surface area contributed by atoms with Crippen molar-refractivity contribution in [2.45, 2.75) is 19.3 Å². The van der Waals surface area contributed by atoms with Crippen molar-refractivity contribution in [2.24, 2.45) is 5.73 Å². The second-order valence-corrected chi connectivity index (χ2v) is 3.92. The molecule has 2 rings (SSSR count). The number of anilines is 1. The lowest BCUT2D eigenvalue weighted by molar-refractivity contribution is 0.623. The van der Waals surface area contributed by atoms with Crippen LogP contribution in [0.4, 0.5) is 10.2 Å². The minimum absolute atomic E-state index is 0.122. The SMILES string of the molecule is NC(Nc1ncc(Cl)cc1F)=C1CCC1. The number of hydrogen-bond acceptors (Lipinski definition) is 3. The lowest BCUT2D eigenvalue weighted by atomic mass is 9.92. The third kappa shape index (κ3) is 2.21. The van der Waals surface area contributed by atoms with E-state index >= 15 is 0 Å². The molecule has 0 aliphatic heterocycles. The van der Waals surface area contributed by atoms with Crippen LogP contribution in [-0.4, -0.2) is 4.98 Å². The largest absolute Gasteiger partial charge is 0.385 e. The van der Waals surface area contributed by atoms with E-state index in [2.05, 4.69) is 10.3 Å². The van der Waals surface area contributed by atoms with Crippen LogP contribution >= 0.6 is 11.6 Å². The van der Waals surface area contributed by atoms with Crippen molar-refractivity contribution in [1.82, 2.24) is 4.98 Å². The first kappa shape index (κ1) is 10.2. The Kier molecular flexibility index (Phi) is 2.77. The fraction of sp³-hybridized carbons (Fsp3) is 0.300. The second kappa shape index (κ2) is 4.06. The van der Waals surface area contributed by atoms with Crippen molar-refractivity contribution in [1.29, 1.82) is 0 Å². The molecule has 0 aromatic carbocycles. The molecule has 1 aliphatic carbocycles. The Bertz CT molecular complexity index is 411. The van der Waals surface area contributed by atoms with Gasteiger partial charge in [-0.25, -0.2) is 9.37 Å². The van der Waals surface area contributed by atoms with Gasteiger partial charge in [-0.1, -0.05) is 11.6 Å². The molecule has 3 nitrogen and oxygen atoms in total. The molecule has 15 heavy (non-hydrogen) atoms. The van der Waals surface area contributed by atoms with Crippen molar-refractivity contribution >= 4 is 17.4 Å². The average molecular weight is 228 g/mol. The van der Waals surface area contributed by atoms with Crippen LogP contribution in [0.15, 0.2) is 23.7 Å². The zero-order valence-electron chi connectivity index (χ0n) is 8.06. The summed E-state index contributed by atoms with van der Waals surface area (Å²) in [5, 5.41) is 3.02. The Balaban J connectivity index is 2.17. The monoisotopic (exact) mass is 227 g/mol. The van der Waals surface area contributed by atoms with E-state index in [4.69, 9.17) is 17.3 Å². The minimum atomic E-state index is -0.495. The predicted octanol–water partition coefficient (Wildman–Crippen LogP) is 2.64. The molecule has 1 aromatic heterocycles. The van der Waals surface area contributed by atoms with E-state index in [9.17, 15) is 4.39 Å². The maximum atomic E-state index is 13.3. The summed E-state index contributed by atoms with van der Waals surface area (Å²) in [5.41, 5.74) is 6.88. The average Bonchev–Trinajstić information content (AvgIpc) is 2.07. The molecule has 3 N–H and O–H groups in total. The third-order valence-corrected chi connectivity index (χ3v) is 2.61. The van der Waals surface area contributed by atoms with Gasteiger partial charge in [-0.05, 0) is 30.9 Å². The number of halogens is 2. The zero-order valence-corrected chi connectivity index (χ0v) is 8.81. The molecule has 0 atom stereocenters. The van der Waals surface area contributed by atoms with Gasteiger partial charge in [-0.3, -0.25) is 0 Å². The number of nitrogens with two attached hydrogens (primary N) is 1. The molecule has 0 unspecified atom stereocenters. The molecule has 0 amide bonds. The van der Waals surface area contributed by atoms with Crippen molar-refractivity contribution in [2.75, 3.05) is 5.32 Å². The van der Waals surface area contributed by atoms with Crippen molar-refractivity contribution in [3.05, 3.63) is 34.5 Å². The van der Waals surface area contributed by atoms with Crippen molar-refractivity contribution in [3.63, 3.8) is 0 Å². The molecule has 1 fully saturated rings. The Morgan fingerprint density at radius 3 is 2.80 bits per heavy atom. The molecule has 80 valence electrons. The maximum Gasteiger partial charge on any atom is 0.167 e. The number of nitrogens with one attached hydrogen (secondary N) is 1. The summed E-state index contributed by atoms with van der Waals surface area (Å²) in [6.07, 6.45) is 4.49. The van der Waals surface area contributed by atoms with Crippen LogP contribution in [0, 0.1) is 5.82 Å². The summed E-state index contributed by atoms with van der Waals surface area (Å²) in [7, 11) is 0. The highest BCUT2D eigenvalue weighted by atomic mass is 35.5. The van der Waals surface area contributed by atoms with Gasteiger partial charge in [-0.2, -0.15) is 0 Å². The van der Waals surface area contributed by atoms with E-state index in [0.29, 0.717) is 5.82 Å². The Morgan fingerprint density at radius 1 is 1.53 bits per heavy atom. The third-order valence-electron chi connectivity index (χ3n) is 2.40. The molecular formula is C10H11ClFN3. The quantitative estimate of drug-likeness (QED) is 0.817. The van der Waals surface area contributed by atoms with Crippen molar-refractivity contribution < 1.29 is 4.39 Å². The highest BCUT2D eigenvalue weighted by Crippen LogP contribution is 2.27. The van der Waals surface area contributed by atoms with Crippen LogP contribution in [0.5, 0.6) is 0 Å². The smallest absolute Gasteiger partial charge is 0.167 e. The van der Waals surface area contributed by atoms with Crippen LogP contribution in [0.25, 0.3) is 0 Å². The van der Waals surface area contributed by atoms with Gasteiger partial charge < -0.3 is 11.1 Å². The van der Waals surface area contributed by atoms with Gasteiger partial charge >= 0.3 is 0 Å². The van der Waals surface area contributed by atoms with Gasteiger partial charge in [-0.15, -0.1) is 0 Å². The normalized spacial score (nSPS) is 14.7. The van der Waals surface area contributed by atoms with E-state index in [-0.39, 0.29) is 10.8 Å². The molecule has 0 saturated heterocycles. The topological polar surface area (TPSA) is 50.9 Å². The van der Waals surface area contributed by atoms with Gasteiger partial charge in [0.1, 0.15) is 5.82 Å². The highest BCUT2D eigenvalue weighted by Gasteiger charge is 2.14. The van der Waals surface area contributed by atoms with Gasteiger partial charge in [0.2, 0.25) is 0 Å². The molecule has 0 radical (unpaired) electrons. The first-order valence-corrected chi connectivity index (χ1v) is 5.10. The first-order valence-electron chi connectivity index (χ1n) is 4.72. The van der Waals surface area contributed by atoms with Crippen LogP contribution in [0.2, 0.25) is 5.02 Å². The van der Waals surface area contributed by atoms with Crippen LogP contribution in [0.1, 0.15) is 19.3 Å². The van der Waals surface area contributed by atoms with E-state index < -0.39 is 5.82 Å². The lowest BCUT2D eigenvalue weighted by Crippen LogP contribution is -2.17. The van der Waals surface area contributed by atoms with E-state index in [1.54, 1.807) is 0 Å². The van der Waals surface area contributed by atoms with Crippen LogP contribution < -0.4 is 11.1 Å². The summed E-state index contributed by atoms with van der Waals surface area (Å²) in [6.45, 7) is 0. The minimum Gasteiger partial charge on any atom is -0.385 e. The summed E-state index contributed by atoms with van der Waals surface area (Å²) in [4.78, 5) is 3.83. The number of pyridine rings is 1. The fourth-order valence-corrected chi connectivity index (χ4v) is 1.49.